The van der Waals surface area contributed by atoms with Crippen LogP contribution in [-0.2, 0) is 14.3 Å². The summed E-state index contributed by atoms with van der Waals surface area (Å²) in [5.74, 6) is -1.79. The molecule has 5 heteroatoms. The minimum atomic E-state index is -1.27. The van der Waals surface area contributed by atoms with Crippen molar-refractivity contribution in [1.29, 1.82) is 0 Å². The van der Waals surface area contributed by atoms with Crippen molar-refractivity contribution in [3.63, 3.8) is 0 Å². The molecule has 4 atom stereocenters. The lowest BCUT2D eigenvalue weighted by molar-refractivity contribution is -0.159. The van der Waals surface area contributed by atoms with E-state index in [1.807, 2.05) is 0 Å². The second-order valence-electron chi connectivity index (χ2n) is 7.07. The van der Waals surface area contributed by atoms with E-state index in [1.165, 1.54) is 0 Å². The van der Waals surface area contributed by atoms with Crippen molar-refractivity contribution in [1.82, 2.24) is 0 Å². The molecule has 1 aliphatic carbocycles. The highest BCUT2D eigenvalue weighted by molar-refractivity contribution is 6.03. The van der Waals surface area contributed by atoms with E-state index in [1.54, 1.807) is 30.3 Å². The van der Waals surface area contributed by atoms with Crippen LogP contribution in [0, 0.1) is 22.7 Å². The van der Waals surface area contributed by atoms with Crippen LogP contribution in [0.5, 0.6) is 0 Å². The molecule has 0 heterocycles. The lowest BCUT2D eigenvalue weighted by atomic mass is 9.75. The number of carbonyl (C=O) groups excluding carboxylic acids is 2. The number of ether oxygens (including phenoxy) is 1. The molecule has 130 valence electrons. The first-order valence-electron chi connectivity index (χ1n) is 8.56. The second-order valence-corrected chi connectivity index (χ2v) is 7.07. The topological polar surface area (TPSA) is 72.8 Å². The van der Waals surface area contributed by atoms with Gasteiger partial charge >= 0.3 is 11.9 Å². The number of amides is 1. The van der Waals surface area contributed by atoms with Gasteiger partial charge in [-0.15, -0.1) is 4.91 Å². The molecule has 0 radical (unpaired) electrons. The van der Waals surface area contributed by atoms with Gasteiger partial charge in [-0.2, -0.15) is 0 Å². The number of nitroso groups, excluding NO2 is 1. The van der Waals surface area contributed by atoms with Crippen molar-refractivity contribution in [3.05, 3.63) is 40.8 Å². The van der Waals surface area contributed by atoms with Gasteiger partial charge in [0.15, 0.2) is 5.92 Å². The molecule has 1 saturated carbocycles. The molecule has 1 aromatic rings. The molecule has 2 rings (SSSR count). The van der Waals surface area contributed by atoms with Gasteiger partial charge in [0.2, 0.25) is 0 Å². The Kier molecular flexibility index (Phi) is 6.23. The van der Waals surface area contributed by atoms with Gasteiger partial charge in [-0.3, -0.25) is 9.59 Å². The van der Waals surface area contributed by atoms with Crippen LogP contribution in [0.2, 0.25) is 0 Å². The lowest BCUT2D eigenvalue weighted by Crippen LogP contribution is -2.38. The average Bonchev–Trinajstić information content (AvgIpc) is 2.55. The van der Waals surface area contributed by atoms with Crippen LogP contribution in [0.25, 0.3) is 0 Å². The molecule has 0 aliphatic heterocycles. The third kappa shape index (κ3) is 4.28. The zero-order chi connectivity index (χ0) is 17.7. The van der Waals surface area contributed by atoms with Gasteiger partial charge in [-0.05, 0) is 36.2 Å². The van der Waals surface area contributed by atoms with Crippen LogP contribution in [0.4, 0.5) is 0 Å². The minimum Gasteiger partial charge on any atom is -0.461 e. The number of carbonyl (C=O) groups is 2. The number of hydrogen-bond acceptors (Lipinski definition) is 4. The van der Waals surface area contributed by atoms with Gasteiger partial charge in [0, 0.05) is 5.18 Å². The van der Waals surface area contributed by atoms with Crippen molar-refractivity contribution in [3.8, 4) is 0 Å². The Balaban J connectivity index is 2.20. The Labute approximate surface area is 142 Å². The molecule has 0 aromatic heterocycles. The van der Waals surface area contributed by atoms with E-state index < -0.39 is 17.8 Å². The highest BCUT2D eigenvalue weighted by Gasteiger charge is 2.37. The number of esters is 1. The summed E-state index contributed by atoms with van der Waals surface area (Å²) in [4.78, 5) is 35.3. The van der Waals surface area contributed by atoms with E-state index >= 15 is 0 Å². The molecule has 0 N–H and O–H groups in total. The van der Waals surface area contributed by atoms with Gasteiger partial charge < -0.3 is 4.74 Å². The largest absolute Gasteiger partial charge is 0.461 e. The lowest BCUT2D eigenvalue weighted by Gasteiger charge is -2.37. The standard InChI is InChI=1S/C19H25NO4/c1-12(2)15-10-9-13(3)11-16(15)24-19(22)17(18(21)20-23)14-7-5-4-6-8-14/h4-8,12-13,15-17H,9-11H2,1-3H3. The SMILES string of the molecule is CC1CCC(C(C)C)C(OC(=O)C(C(=O)N=O)c2ccccc2)C1. The molecule has 24 heavy (non-hydrogen) atoms. The normalized spacial score (nSPS) is 25.1. The first-order chi connectivity index (χ1) is 11.4. The Morgan fingerprint density at radius 1 is 1.17 bits per heavy atom. The molecule has 1 aliphatic rings. The summed E-state index contributed by atoms with van der Waals surface area (Å²) < 4.78 is 5.72. The van der Waals surface area contributed by atoms with Crippen molar-refractivity contribution in [2.45, 2.75) is 52.1 Å². The van der Waals surface area contributed by atoms with E-state index in [4.69, 9.17) is 4.74 Å². The first kappa shape index (κ1) is 18.3. The Hall–Kier alpha value is -2.04. The van der Waals surface area contributed by atoms with E-state index in [-0.39, 0.29) is 12.0 Å². The average molecular weight is 331 g/mol. The molecular weight excluding hydrogens is 306 g/mol. The van der Waals surface area contributed by atoms with Gasteiger partial charge in [-0.25, -0.2) is 0 Å². The third-order valence-corrected chi connectivity index (χ3v) is 4.93. The maximum Gasteiger partial charge on any atom is 0.323 e. The van der Waals surface area contributed by atoms with Gasteiger partial charge in [0.05, 0.1) is 0 Å². The van der Waals surface area contributed by atoms with E-state index in [0.29, 0.717) is 17.4 Å². The number of benzene rings is 1. The Morgan fingerprint density at radius 3 is 2.42 bits per heavy atom. The molecule has 0 spiro atoms. The minimum absolute atomic E-state index is 0.216. The highest BCUT2D eigenvalue weighted by atomic mass is 16.5. The zero-order valence-corrected chi connectivity index (χ0v) is 14.5. The van der Waals surface area contributed by atoms with Crippen LogP contribution in [-0.4, -0.2) is 18.0 Å². The fourth-order valence-corrected chi connectivity index (χ4v) is 3.55. The van der Waals surface area contributed by atoms with Crippen molar-refractivity contribution in [2.24, 2.45) is 22.9 Å². The van der Waals surface area contributed by atoms with E-state index in [0.717, 1.165) is 19.3 Å². The van der Waals surface area contributed by atoms with Crippen molar-refractivity contribution in [2.75, 3.05) is 0 Å². The summed E-state index contributed by atoms with van der Waals surface area (Å²) in [5.41, 5.74) is 0.442. The quantitative estimate of drug-likeness (QED) is 0.463. The smallest absolute Gasteiger partial charge is 0.323 e. The summed E-state index contributed by atoms with van der Waals surface area (Å²) in [5, 5.41) is 2.46. The number of nitrogens with zero attached hydrogens (tertiary/aromatic N) is 1. The van der Waals surface area contributed by atoms with Crippen LogP contribution in [0.1, 0.15) is 51.5 Å². The summed E-state index contributed by atoms with van der Waals surface area (Å²) in [7, 11) is 0. The van der Waals surface area contributed by atoms with Gasteiger partial charge in [0.25, 0.3) is 0 Å². The van der Waals surface area contributed by atoms with Crippen molar-refractivity contribution >= 4 is 11.9 Å². The molecule has 5 nitrogen and oxygen atoms in total. The zero-order valence-electron chi connectivity index (χ0n) is 14.5. The number of hydrogen-bond donors (Lipinski definition) is 0. The van der Waals surface area contributed by atoms with Crippen LogP contribution >= 0.6 is 0 Å². The fraction of sp³-hybridized carbons (Fsp3) is 0.579. The molecular formula is C19H25NO4. The molecule has 0 bridgehead atoms. The van der Waals surface area contributed by atoms with Gasteiger partial charge in [-0.1, -0.05) is 57.5 Å². The summed E-state index contributed by atoms with van der Waals surface area (Å²) in [6, 6.07) is 8.49. The third-order valence-electron chi connectivity index (χ3n) is 4.93. The van der Waals surface area contributed by atoms with E-state index in [2.05, 4.69) is 25.9 Å². The monoisotopic (exact) mass is 331 g/mol. The van der Waals surface area contributed by atoms with Crippen LogP contribution < -0.4 is 0 Å². The predicted molar refractivity (Wildman–Crippen MR) is 91.2 cm³/mol. The summed E-state index contributed by atoms with van der Waals surface area (Å²) in [6.45, 7) is 6.38. The Morgan fingerprint density at radius 2 is 1.83 bits per heavy atom. The molecule has 1 aromatic carbocycles. The first-order valence-corrected chi connectivity index (χ1v) is 8.56. The molecule has 4 unspecified atom stereocenters. The molecule has 0 saturated heterocycles. The molecule has 1 amide bonds. The van der Waals surface area contributed by atoms with Crippen molar-refractivity contribution < 1.29 is 14.3 Å². The Bertz CT molecular complexity index is 584. The van der Waals surface area contributed by atoms with Crippen LogP contribution in [0.15, 0.2) is 35.5 Å². The van der Waals surface area contributed by atoms with Gasteiger partial charge in [0.1, 0.15) is 6.10 Å². The molecule has 1 fully saturated rings. The second kappa shape index (κ2) is 8.18. The highest BCUT2D eigenvalue weighted by Crippen LogP contribution is 2.36. The maximum atomic E-state index is 12.6. The van der Waals surface area contributed by atoms with E-state index in [9.17, 15) is 14.5 Å². The predicted octanol–water partition coefficient (Wildman–Crippen LogP) is 4.07. The van der Waals surface area contributed by atoms with Crippen LogP contribution in [0.3, 0.4) is 0 Å². The summed E-state index contributed by atoms with van der Waals surface area (Å²) >= 11 is 0. The summed E-state index contributed by atoms with van der Waals surface area (Å²) in [6.07, 6.45) is 2.70. The fourth-order valence-electron chi connectivity index (χ4n) is 3.55. The maximum absolute atomic E-state index is 12.6. The number of rotatable bonds is 5.